The van der Waals surface area contributed by atoms with E-state index in [0.29, 0.717) is 16.7 Å². The maximum Gasteiger partial charge on any atom is 0.119 e. The van der Waals surface area contributed by atoms with Gasteiger partial charge in [-0.3, -0.25) is 11.3 Å². The molecule has 3 nitrogen and oxygen atoms in total. The van der Waals surface area contributed by atoms with Crippen molar-refractivity contribution in [3.63, 3.8) is 0 Å². The van der Waals surface area contributed by atoms with E-state index in [1.54, 1.807) is 7.11 Å². The molecule has 0 bridgehead atoms. The second kappa shape index (κ2) is 5.32. The Morgan fingerprint density at radius 2 is 1.90 bits per heavy atom. The summed E-state index contributed by atoms with van der Waals surface area (Å²) in [6.45, 7) is 9.29. The third-order valence-corrected chi connectivity index (χ3v) is 6.22. The van der Waals surface area contributed by atoms with E-state index in [1.807, 2.05) is 12.1 Å². The van der Waals surface area contributed by atoms with Crippen LogP contribution in [0, 0.1) is 16.7 Å². The molecule has 4 heteroatoms. The quantitative estimate of drug-likeness (QED) is 0.636. The van der Waals surface area contributed by atoms with E-state index < -0.39 is 0 Å². The predicted octanol–water partition coefficient (Wildman–Crippen LogP) is 3.51. The minimum Gasteiger partial charge on any atom is -0.497 e. The van der Waals surface area contributed by atoms with E-state index in [9.17, 15) is 0 Å². The highest BCUT2D eigenvalue weighted by molar-refractivity contribution is 9.10. The number of rotatable bonds is 5. The molecule has 112 valence electrons. The Kier molecular flexibility index (Phi) is 4.20. The number of hydrazine groups is 1. The van der Waals surface area contributed by atoms with Crippen molar-refractivity contribution in [2.45, 2.75) is 40.2 Å². The summed E-state index contributed by atoms with van der Waals surface area (Å²) in [5.41, 5.74) is 4.88. The van der Waals surface area contributed by atoms with Crippen LogP contribution in [-0.2, 0) is 6.42 Å². The number of methoxy groups -OCH3 is 1. The number of hydrogen-bond donors (Lipinski definition) is 2. The van der Waals surface area contributed by atoms with Crippen LogP contribution in [0.2, 0.25) is 0 Å². The summed E-state index contributed by atoms with van der Waals surface area (Å²) < 4.78 is 6.42. The summed E-state index contributed by atoms with van der Waals surface area (Å²) in [5, 5.41) is 0. The van der Waals surface area contributed by atoms with Crippen LogP contribution < -0.4 is 16.0 Å². The number of halogens is 1. The van der Waals surface area contributed by atoms with Crippen LogP contribution in [0.1, 0.15) is 33.3 Å². The molecule has 0 heterocycles. The minimum absolute atomic E-state index is 0.267. The van der Waals surface area contributed by atoms with Gasteiger partial charge in [0.25, 0.3) is 0 Å². The fourth-order valence-corrected chi connectivity index (χ4v) is 4.01. The Morgan fingerprint density at radius 3 is 2.35 bits per heavy atom. The second-order valence-corrected chi connectivity index (χ2v) is 7.71. The minimum atomic E-state index is 0.267. The van der Waals surface area contributed by atoms with Crippen LogP contribution in [0.15, 0.2) is 22.7 Å². The summed E-state index contributed by atoms with van der Waals surface area (Å²) in [7, 11) is 1.69. The second-order valence-electron chi connectivity index (χ2n) is 6.86. The predicted molar refractivity (Wildman–Crippen MR) is 86.6 cm³/mol. The third kappa shape index (κ3) is 2.49. The number of hydrogen-bond acceptors (Lipinski definition) is 3. The number of benzene rings is 1. The third-order valence-electron chi connectivity index (χ3n) is 5.44. The van der Waals surface area contributed by atoms with E-state index in [2.05, 4.69) is 55.1 Å². The van der Waals surface area contributed by atoms with Gasteiger partial charge in [-0.15, -0.1) is 0 Å². The van der Waals surface area contributed by atoms with Crippen molar-refractivity contribution < 1.29 is 4.74 Å². The van der Waals surface area contributed by atoms with Gasteiger partial charge in [0, 0.05) is 10.5 Å². The lowest BCUT2D eigenvalue weighted by atomic mass is 9.97. The van der Waals surface area contributed by atoms with Crippen molar-refractivity contribution >= 4 is 15.9 Å². The normalized spacial score (nSPS) is 21.6. The van der Waals surface area contributed by atoms with Crippen LogP contribution >= 0.6 is 15.9 Å². The molecule has 3 N–H and O–H groups in total. The van der Waals surface area contributed by atoms with E-state index in [1.165, 1.54) is 5.56 Å². The monoisotopic (exact) mass is 340 g/mol. The number of nitrogens with two attached hydrogens (primary N) is 1. The van der Waals surface area contributed by atoms with Crippen molar-refractivity contribution in [2.75, 3.05) is 7.11 Å². The fraction of sp³-hybridized carbons (Fsp3) is 0.625. The molecule has 1 saturated carbocycles. The molecule has 1 unspecified atom stereocenters. The highest BCUT2D eigenvalue weighted by Crippen LogP contribution is 2.69. The maximum atomic E-state index is 5.83. The SMILES string of the molecule is COc1ccc(Br)c(CC(NN)C2C(C)(C)C2(C)C)c1. The molecule has 0 aromatic heterocycles. The lowest BCUT2D eigenvalue weighted by Gasteiger charge is -2.19. The van der Waals surface area contributed by atoms with Gasteiger partial charge in [-0.05, 0) is 46.9 Å². The largest absolute Gasteiger partial charge is 0.497 e. The summed E-state index contributed by atoms with van der Waals surface area (Å²) in [4.78, 5) is 0. The zero-order chi connectivity index (χ0) is 15.1. The van der Waals surface area contributed by atoms with E-state index in [4.69, 9.17) is 10.6 Å². The van der Waals surface area contributed by atoms with Gasteiger partial charge in [-0.25, -0.2) is 0 Å². The first-order chi connectivity index (χ1) is 9.25. The van der Waals surface area contributed by atoms with E-state index in [-0.39, 0.29) is 6.04 Å². The van der Waals surface area contributed by atoms with Crippen molar-refractivity contribution in [2.24, 2.45) is 22.6 Å². The first-order valence-electron chi connectivity index (χ1n) is 7.04. The van der Waals surface area contributed by atoms with Gasteiger partial charge in [0.05, 0.1) is 7.11 Å². The molecule has 0 aliphatic heterocycles. The smallest absolute Gasteiger partial charge is 0.119 e. The molecule has 0 amide bonds. The van der Waals surface area contributed by atoms with Crippen LogP contribution in [0.25, 0.3) is 0 Å². The van der Waals surface area contributed by atoms with E-state index >= 15 is 0 Å². The maximum absolute atomic E-state index is 5.83. The molecule has 2 rings (SSSR count). The lowest BCUT2D eigenvalue weighted by Crippen LogP contribution is -2.40. The van der Waals surface area contributed by atoms with Crippen molar-refractivity contribution in [1.29, 1.82) is 0 Å². The summed E-state index contributed by atoms with van der Waals surface area (Å²) in [5.74, 6) is 7.28. The average molecular weight is 341 g/mol. The number of nitrogens with one attached hydrogen (secondary N) is 1. The van der Waals surface area contributed by atoms with Gasteiger partial charge < -0.3 is 4.74 Å². The van der Waals surface area contributed by atoms with Crippen molar-refractivity contribution in [3.8, 4) is 5.75 Å². The molecular formula is C16H25BrN2O. The first kappa shape index (κ1) is 15.8. The van der Waals surface area contributed by atoms with Gasteiger partial charge in [0.15, 0.2) is 0 Å². The summed E-state index contributed by atoms with van der Waals surface area (Å²) >= 11 is 3.62. The Balaban J connectivity index is 2.20. The average Bonchev–Trinajstić information content (AvgIpc) is 2.79. The highest BCUT2D eigenvalue weighted by Gasteiger charge is 2.66. The molecule has 1 fully saturated rings. The highest BCUT2D eigenvalue weighted by atomic mass is 79.9. The fourth-order valence-electron chi connectivity index (χ4n) is 3.60. The van der Waals surface area contributed by atoms with Crippen LogP contribution in [0.4, 0.5) is 0 Å². The van der Waals surface area contributed by atoms with Gasteiger partial charge in [-0.1, -0.05) is 43.6 Å². The molecule has 1 aliphatic rings. The molecule has 1 atom stereocenters. The Hall–Kier alpha value is -0.580. The lowest BCUT2D eigenvalue weighted by molar-refractivity contribution is 0.397. The summed E-state index contributed by atoms with van der Waals surface area (Å²) in [6, 6.07) is 6.34. The Morgan fingerprint density at radius 1 is 1.30 bits per heavy atom. The molecule has 0 radical (unpaired) electrons. The van der Waals surface area contributed by atoms with Crippen molar-refractivity contribution in [1.82, 2.24) is 5.43 Å². The molecular weight excluding hydrogens is 316 g/mol. The molecule has 1 aromatic carbocycles. The van der Waals surface area contributed by atoms with Crippen LogP contribution in [-0.4, -0.2) is 13.2 Å². The molecule has 0 saturated heterocycles. The van der Waals surface area contributed by atoms with Crippen molar-refractivity contribution in [3.05, 3.63) is 28.2 Å². The van der Waals surface area contributed by atoms with Gasteiger partial charge >= 0.3 is 0 Å². The summed E-state index contributed by atoms with van der Waals surface area (Å²) in [6.07, 6.45) is 0.895. The zero-order valence-electron chi connectivity index (χ0n) is 13.0. The standard InChI is InChI=1S/C16H25BrN2O/c1-15(2)14(16(15,3)4)13(19-18)9-10-8-11(20-5)6-7-12(10)17/h6-8,13-14,19H,9,18H2,1-5H3. The Bertz CT molecular complexity index is 485. The topological polar surface area (TPSA) is 47.3 Å². The molecule has 0 spiro atoms. The van der Waals surface area contributed by atoms with Crippen LogP contribution in [0.5, 0.6) is 5.75 Å². The zero-order valence-corrected chi connectivity index (χ0v) is 14.5. The molecule has 1 aliphatic carbocycles. The van der Waals surface area contributed by atoms with Gasteiger partial charge in [-0.2, -0.15) is 0 Å². The Labute approximate surface area is 130 Å². The molecule has 20 heavy (non-hydrogen) atoms. The van der Waals surface area contributed by atoms with Crippen LogP contribution in [0.3, 0.4) is 0 Å². The molecule has 1 aromatic rings. The first-order valence-corrected chi connectivity index (χ1v) is 7.83. The van der Waals surface area contributed by atoms with Gasteiger partial charge in [0.1, 0.15) is 5.75 Å². The van der Waals surface area contributed by atoms with E-state index in [0.717, 1.165) is 16.6 Å². The van der Waals surface area contributed by atoms with Gasteiger partial charge in [0.2, 0.25) is 0 Å². The number of ether oxygens (including phenoxy) is 1.